The summed E-state index contributed by atoms with van der Waals surface area (Å²) in [6.45, 7) is 0.693. The van der Waals surface area contributed by atoms with E-state index in [0.29, 0.717) is 6.92 Å². The summed E-state index contributed by atoms with van der Waals surface area (Å²) in [5, 5.41) is -0.0663. The molecule has 1 heterocycles. The molecule has 0 aliphatic carbocycles. The van der Waals surface area contributed by atoms with Crippen molar-refractivity contribution >= 4 is 11.6 Å². The van der Waals surface area contributed by atoms with Crippen LogP contribution in [-0.2, 0) is 5.92 Å². The lowest BCUT2D eigenvalue weighted by Gasteiger charge is -2.09. The van der Waals surface area contributed by atoms with Gasteiger partial charge in [-0.15, -0.1) is 0 Å². The van der Waals surface area contributed by atoms with Gasteiger partial charge in [-0.05, 0) is 0 Å². The van der Waals surface area contributed by atoms with Crippen LogP contribution in [0, 0.1) is 0 Å². The van der Waals surface area contributed by atoms with Crippen molar-refractivity contribution in [2.75, 3.05) is 7.11 Å². The topological polar surface area (TPSA) is 35.0 Å². The third-order valence-corrected chi connectivity index (χ3v) is 1.47. The van der Waals surface area contributed by atoms with Gasteiger partial charge in [-0.2, -0.15) is 13.8 Å². The Bertz CT molecular complexity index is 314. The van der Waals surface area contributed by atoms with E-state index >= 15 is 0 Å². The molecule has 3 nitrogen and oxygen atoms in total. The molecule has 1 aromatic heterocycles. The monoisotopic (exact) mass is 208 g/mol. The number of aromatic nitrogens is 2. The van der Waals surface area contributed by atoms with E-state index < -0.39 is 11.7 Å². The van der Waals surface area contributed by atoms with Crippen LogP contribution < -0.4 is 4.74 Å². The lowest BCUT2D eigenvalue weighted by molar-refractivity contribution is 0.00711. The zero-order valence-corrected chi connectivity index (χ0v) is 7.77. The summed E-state index contributed by atoms with van der Waals surface area (Å²) < 4.78 is 30.1. The summed E-state index contributed by atoms with van der Waals surface area (Å²) >= 11 is 5.47. The van der Waals surface area contributed by atoms with Gasteiger partial charge < -0.3 is 4.74 Å². The highest BCUT2D eigenvalue weighted by atomic mass is 35.5. The first-order chi connectivity index (χ1) is 5.93. The van der Waals surface area contributed by atoms with Crippen LogP contribution in [0.1, 0.15) is 12.7 Å². The normalized spacial score (nSPS) is 11.5. The average molecular weight is 209 g/mol. The minimum Gasteiger partial charge on any atom is -0.481 e. The van der Waals surface area contributed by atoms with Gasteiger partial charge in [0, 0.05) is 13.0 Å². The number of halogens is 3. The van der Waals surface area contributed by atoms with Crippen molar-refractivity contribution in [2.24, 2.45) is 0 Å². The van der Waals surface area contributed by atoms with Gasteiger partial charge >= 0.3 is 5.92 Å². The zero-order valence-electron chi connectivity index (χ0n) is 7.01. The van der Waals surface area contributed by atoms with E-state index in [1.165, 1.54) is 13.2 Å². The van der Waals surface area contributed by atoms with Crippen LogP contribution in [0.4, 0.5) is 8.78 Å². The summed E-state index contributed by atoms with van der Waals surface area (Å²) in [7, 11) is 1.32. The maximum atomic E-state index is 12.7. The molecule has 0 unspecified atom stereocenters. The molecule has 0 N–H and O–H groups in total. The molecule has 0 bridgehead atoms. The predicted molar refractivity (Wildman–Crippen MR) is 43.2 cm³/mol. The number of methoxy groups -OCH3 is 1. The number of hydrogen-bond acceptors (Lipinski definition) is 3. The largest absolute Gasteiger partial charge is 0.481 e. The standard InChI is InChI=1S/C7H7ClF2N2O/c1-7(9,10)6-11-4(8)3-5(12-6)13-2/h3H,1-2H3. The summed E-state index contributed by atoms with van der Waals surface area (Å²) in [6.07, 6.45) is 0. The highest BCUT2D eigenvalue weighted by Crippen LogP contribution is 2.26. The van der Waals surface area contributed by atoms with Gasteiger partial charge in [0.05, 0.1) is 7.11 Å². The first-order valence-electron chi connectivity index (χ1n) is 3.40. The van der Waals surface area contributed by atoms with E-state index in [4.69, 9.17) is 11.6 Å². The van der Waals surface area contributed by atoms with E-state index in [1.54, 1.807) is 0 Å². The zero-order chi connectivity index (χ0) is 10.1. The van der Waals surface area contributed by atoms with Crippen LogP contribution in [0.25, 0.3) is 0 Å². The van der Waals surface area contributed by atoms with E-state index in [1.807, 2.05) is 0 Å². The molecule has 1 aromatic rings. The van der Waals surface area contributed by atoms with Crippen molar-refractivity contribution in [3.63, 3.8) is 0 Å². The maximum Gasteiger partial charge on any atom is 0.304 e. The Labute approximate surface area is 78.7 Å². The van der Waals surface area contributed by atoms with Gasteiger partial charge in [-0.3, -0.25) is 0 Å². The smallest absolute Gasteiger partial charge is 0.304 e. The number of ether oxygens (including phenoxy) is 1. The number of rotatable bonds is 2. The Morgan fingerprint density at radius 2 is 2.08 bits per heavy atom. The first-order valence-corrected chi connectivity index (χ1v) is 3.78. The molecule has 0 aromatic carbocycles. The van der Waals surface area contributed by atoms with Gasteiger partial charge in [0.25, 0.3) is 0 Å². The molecule has 1 rings (SSSR count). The number of nitrogens with zero attached hydrogens (tertiary/aromatic N) is 2. The molecular weight excluding hydrogens is 202 g/mol. The lowest BCUT2D eigenvalue weighted by atomic mass is 10.3. The van der Waals surface area contributed by atoms with Crippen molar-refractivity contribution < 1.29 is 13.5 Å². The molecule has 0 atom stereocenters. The summed E-state index contributed by atoms with van der Waals surface area (Å²) in [5.74, 6) is -3.73. The molecular formula is C7H7ClF2N2O. The van der Waals surface area contributed by atoms with Crippen molar-refractivity contribution in [3.8, 4) is 5.88 Å². The maximum absolute atomic E-state index is 12.7. The van der Waals surface area contributed by atoms with Gasteiger partial charge in [-0.1, -0.05) is 11.6 Å². The second-order valence-electron chi connectivity index (χ2n) is 2.45. The Morgan fingerprint density at radius 3 is 2.54 bits per heavy atom. The second-order valence-corrected chi connectivity index (χ2v) is 2.83. The SMILES string of the molecule is COc1cc(Cl)nc(C(C)(F)F)n1. The van der Waals surface area contributed by atoms with Crippen LogP contribution in [0.5, 0.6) is 5.88 Å². The first kappa shape index (κ1) is 10.1. The van der Waals surface area contributed by atoms with Crippen molar-refractivity contribution in [1.82, 2.24) is 9.97 Å². The molecule has 0 saturated carbocycles. The van der Waals surface area contributed by atoms with Crippen molar-refractivity contribution in [1.29, 1.82) is 0 Å². The van der Waals surface area contributed by atoms with Crippen molar-refractivity contribution in [2.45, 2.75) is 12.8 Å². The van der Waals surface area contributed by atoms with Crippen LogP contribution in [0.3, 0.4) is 0 Å². The van der Waals surface area contributed by atoms with Gasteiger partial charge in [-0.25, -0.2) is 4.98 Å². The quantitative estimate of drug-likeness (QED) is 0.700. The molecule has 0 fully saturated rings. The Balaban J connectivity index is 3.16. The second kappa shape index (κ2) is 3.41. The highest BCUT2D eigenvalue weighted by molar-refractivity contribution is 6.29. The number of alkyl halides is 2. The van der Waals surface area contributed by atoms with Crippen molar-refractivity contribution in [3.05, 3.63) is 17.0 Å². The molecule has 0 amide bonds. The fourth-order valence-corrected chi connectivity index (χ4v) is 0.871. The van der Waals surface area contributed by atoms with E-state index in [2.05, 4.69) is 14.7 Å². The Hall–Kier alpha value is -0.970. The van der Waals surface area contributed by atoms with Crippen LogP contribution >= 0.6 is 11.6 Å². The van der Waals surface area contributed by atoms with Crippen LogP contribution in [0.2, 0.25) is 5.15 Å². The minimum absolute atomic E-state index is 0.0246. The Morgan fingerprint density at radius 1 is 1.46 bits per heavy atom. The number of hydrogen-bond donors (Lipinski definition) is 0. The third kappa shape index (κ3) is 2.48. The van der Waals surface area contributed by atoms with Crippen LogP contribution in [-0.4, -0.2) is 17.1 Å². The van der Waals surface area contributed by atoms with Crippen LogP contribution in [0.15, 0.2) is 6.07 Å². The lowest BCUT2D eigenvalue weighted by Crippen LogP contribution is -2.13. The fourth-order valence-electron chi connectivity index (χ4n) is 0.698. The molecule has 0 radical (unpaired) electrons. The van der Waals surface area contributed by atoms with Gasteiger partial charge in [0.1, 0.15) is 5.15 Å². The summed E-state index contributed by atoms with van der Waals surface area (Å²) in [5.41, 5.74) is 0. The minimum atomic E-state index is -3.11. The predicted octanol–water partition coefficient (Wildman–Crippen LogP) is 2.25. The third-order valence-electron chi connectivity index (χ3n) is 1.27. The summed E-state index contributed by atoms with van der Waals surface area (Å²) in [4.78, 5) is 6.83. The summed E-state index contributed by atoms with van der Waals surface area (Å²) in [6, 6.07) is 1.26. The molecule has 13 heavy (non-hydrogen) atoms. The molecule has 0 saturated heterocycles. The molecule has 6 heteroatoms. The van der Waals surface area contributed by atoms with Gasteiger partial charge in [0.15, 0.2) is 0 Å². The fraction of sp³-hybridized carbons (Fsp3) is 0.429. The molecule has 72 valence electrons. The molecule has 0 aliphatic rings. The Kier molecular flexibility index (Phi) is 2.66. The van der Waals surface area contributed by atoms with E-state index in [-0.39, 0.29) is 11.0 Å². The van der Waals surface area contributed by atoms with E-state index in [0.717, 1.165) is 0 Å². The van der Waals surface area contributed by atoms with E-state index in [9.17, 15) is 8.78 Å². The average Bonchev–Trinajstić information content (AvgIpc) is 2.01. The highest BCUT2D eigenvalue weighted by Gasteiger charge is 2.29. The molecule has 0 spiro atoms. The van der Waals surface area contributed by atoms with Gasteiger partial charge in [0.2, 0.25) is 11.7 Å². The molecule has 0 aliphatic heterocycles.